The third kappa shape index (κ3) is 4.34. The largest absolute Gasteiger partial charge is 0.496 e. The molecule has 3 rings (SSSR count). The third-order valence-corrected chi connectivity index (χ3v) is 4.36. The highest BCUT2D eigenvalue weighted by molar-refractivity contribution is 6.07. The lowest BCUT2D eigenvalue weighted by atomic mass is 10.0. The minimum Gasteiger partial charge on any atom is -0.496 e. The van der Waals surface area contributed by atoms with Gasteiger partial charge in [-0.05, 0) is 50.6 Å². The molecule has 2 aromatic carbocycles. The number of nitrogens with zero attached hydrogens (tertiary/aromatic N) is 1. The van der Waals surface area contributed by atoms with Crippen molar-refractivity contribution in [2.75, 3.05) is 25.6 Å². The summed E-state index contributed by atoms with van der Waals surface area (Å²) in [6.07, 6.45) is 0. The first-order valence-electron chi connectivity index (χ1n) is 9.48. The Morgan fingerprint density at radius 1 is 1.03 bits per heavy atom. The van der Waals surface area contributed by atoms with Gasteiger partial charge in [0.2, 0.25) is 0 Å². The standard InChI is InChI=1S/C22H25N3O4/c1-5-28-18-12-11-15(13-19(18)29-6-2)20-14(3)24-25-21(20)23-22(26)16-9-7-8-10-17(16)27-4/h7-13H,5-6H2,1-4H3,(H2,23,24,25,26). The lowest BCUT2D eigenvalue weighted by molar-refractivity contribution is 0.102. The summed E-state index contributed by atoms with van der Waals surface area (Å²) < 4.78 is 16.7. The van der Waals surface area contributed by atoms with Gasteiger partial charge < -0.3 is 19.5 Å². The summed E-state index contributed by atoms with van der Waals surface area (Å²) in [5.74, 6) is 1.96. The zero-order valence-corrected chi connectivity index (χ0v) is 17.0. The number of H-pyrrole nitrogens is 1. The van der Waals surface area contributed by atoms with Gasteiger partial charge in [-0.25, -0.2) is 0 Å². The first kappa shape index (κ1) is 20.3. The maximum Gasteiger partial charge on any atom is 0.260 e. The van der Waals surface area contributed by atoms with E-state index in [1.807, 2.05) is 45.0 Å². The predicted octanol–water partition coefficient (Wildman–Crippen LogP) is 4.44. The number of para-hydroxylation sites is 1. The molecular formula is C22H25N3O4. The minimum atomic E-state index is -0.300. The van der Waals surface area contributed by atoms with Gasteiger partial charge in [0.25, 0.3) is 5.91 Å². The summed E-state index contributed by atoms with van der Waals surface area (Å²) in [6, 6.07) is 12.7. The summed E-state index contributed by atoms with van der Waals surface area (Å²) in [7, 11) is 1.53. The van der Waals surface area contributed by atoms with E-state index in [1.54, 1.807) is 18.2 Å². The Morgan fingerprint density at radius 2 is 1.76 bits per heavy atom. The Hall–Kier alpha value is -3.48. The van der Waals surface area contributed by atoms with Crippen LogP contribution in [0.25, 0.3) is 11.1 Å². The maximum atomic E-state index is 12.8. The van der Waals surface area contributed by atoms with Gasteiger partial charge in [-0.3, -0.25) is 9.89 Å². The van der Waals surface area contributed by atoms with E-state index in [2.05, 4.69) is 15.5 Å². The van der Waals surface area contributed by atoms with Crippen molar-refractivity contribution in [2.45, 2.75) is 20.8 Å². The lowest BCUT2D eigenvalue weighted by Crippen LogP contribution is -2.14. The molecule has 0 radical (unpaired) electrons. The van der Waals surface area contributed by atoms with Crippen molar-refractivity contribution in [1.82, 2.24) is 10.2 Å². The molecule has 152 valence electrons. The van der Waals surface area contributed by atoms with E-state index in [4.69, 9.17) is 14.2 Å². The zero-order valence-electron chi connectivity index (χ0n) is 17.0. The molecule has 1 heterocycles. The molecule has 3 aromatic rings. The van der Waals surface area contributed by atoms with Crippen molar-refractivity contribution < 1.29 is 19.0 Å². The number of aryl methyl sites for hydroxylation is 1. The molecule has 1 amide bonds. The monoisotopic (exact) mass is 395 g/mol. The lowest BCUT2D eigenvalue weighted by Gasteiger charge is -2.13. The minimum absolute atomic E-state index is 0.300. The van der Waals surface area contributed by atoms with Crippen molar-refractivity contribution in [1.29, 1.82) is 0 Å². The molecule has 29 heavy (non-hydrogen) atoms. The fourth-order valence-electron chi connectivity index (χ4n) is 3.09. The van der Waals surface area contributed by atoms with Crippen molar-refractivity contribution >= 4 is 11.7 Å². The Balaban J connectivity index is 1.96. The SMILES string of the molecule is CCOc1ccc(-c2c(NC(=O)c3ccccc3OC)n[nH]c2C)cc1OCC. The molecule has 0 bridgehead atoms. The fourth-order valence-corrected chi connectivity index (χ4v) is 3.09. The van der Waals surface area contributed by atoms with Crippen molar-refractivity contribution in [3.05, 3.63) is 53.7 Å². The maximum absolute atomic E-state index is 12.8. The van der Waals surface area contributed by atoms with Crippen LogP contribution in [-0.2, 0) is 0 Å². The van der Waals surface area contributed by atoms with Crippen LogP contribution in [0.3, 0.4) is 0 Å². The number of aromatic nitrogens is 2. The first-order chi connectivity index (χ1) is 14.1. The molecule has 0 spiro atoms. The number of ether oxygens (including phenoxy) is 3. The molecule has 0 saturated heterocycles. The Labute approximate surface area is 170 Å². The number of benzene rings is 2. The molecule has 7 nitrogen and oxygen atoms in total. The molecule has 0 saturated carbocycles. The van der Waals surface area contributed by atoms with Crippen molar-refractivity contribution in [3.63, 3.8) is 0 Å². The highest BCUT2D eigenvalue weighted by atomic mass is 16.5. The molecular weight excluding hydrogens is 370 g/mol. The first-order valence-corrected chi connectivity index (χ1v) is 9.48. The van der Waals surface area contributed by atoms with E-state index in [-0.39, 0.29) is 5.91 Å². The molecule has 0 fully saturated rings. The second-order valence-electron chi connectivity index (χ2n) is 6.25. The van der Waals surface area contributed by atoms with Crippen LogP contribution in [0.4, 0.5) is 5.82 Å². The Bertz CT molecular complexity index is 997. The van der Waals surface area contributed by atoms with Crippen LogP contribution >= 0.6 is 0 Å². The molecule has 0 aliphatic carbocycles. The number of carbonyl (C=O) groups excluding carboxylic acids is 1. The summed E-state index contributed by atoms with van der Waals surface area (Å²) in [6.45, 7) is 6.81. The topological polar surface area (TPSA) is 85.5 Å². The number of hydrogen-bond donors (Lipinski definition) is 2. The molecule has 7 heteroatoms. The fraction of sp³-hybridized carbons (Fsp3) is 0.273. The van der Waals surface area contributed by atoms with Crippen LogP contribution in [0.5, 0.6) is 17.2 Å². The van der Waals surface area contributed by atoms with Gasteiger partial charge in [-0.15, -0.1) is 0 Å². The molecule has 0 unspecified atom stereocenters. The second kappa shape index (κ2) is 9.14. The molecule has 2 N–H and O–H groups in total. The zero-order chi connectivity index (χ0) is 20.8. The Morgan fingerprint density at radius 3 is 2.48 bits per heavy atom. The van der Waals surface area contributed by atoms with E-state index < -0.39 is 0 Å². The number of amides is 1. The van der Waals surface area contributed by atoms with E-state index >= 15 is 0 Å². The normalized spacial score (nSPS) is 10.5. The average molecular weight is 395 g/mol. The summed E-state index contributed by atoms with van der Waals surface area (Å²) in [4.78, 5) is 12.8. The van der Waals surface area contributed by atoms with Gasteiger partial charge in [0.05, 0.1) is 25.9 Å². The third-order valence-electron chi connectivity index (χ3n) is 4.36. The van der Waals surface area contributed by atoms with E-state index in [0.29, 0.717) is 41.8 Å². The number of nitrogens with one attached hydrogen (secondary N) is 2. The van der Waals surface area contributed by atoms with Gasteiger partial charge in [0, 0.05) is 11.3 Å². The van der Waals surface area contributed by atoms with Gasteiger partial charge in [-0.1, -0.05) is 18.2 Å². The van der Waals surface area contributed by atoms with Gasteiger partial charge in [0.1, 0.15) is 5.75 Å². The smallest absolute Gasteiger partial charge is 0.260 e. The van der Waals surface area contributed by atoms with Crippen molar-refractivity contribution in [2.24, 2.45) is 0 Å². The number of anilines is 1. The summed E-state index contributed by atoms with van der Waals surface area (Å²) >= 11 is 0. The van der Waals surface area contributed by atoms with Crippen LogP contribution in [0.1, 0.15) is 29.9 Å². The highest BCUT2D eigenvalue weighted by Gasteiger charge is 2.19. The van der Waals surface area contributed by atoms with Gasteiger partial charge >= 0.3 is 0 Å². The molecule has 1 aromatic heterocycles. The number of rotatable bonds is 8. The van der Waals surface area contributed by atoms with Crippen LogP contribution in [-0.4, -0.2) is 36.4 Å². The van der Waals surface area contributed by atoms with Gasteiger partial charge in [-0.2, -0.15) is 5.10 Å². The van der Waals surface area contributed by atoms with Gasteiger partial charge in [0.15, 0.2) is 17.3 Å². The number of carbonyl (C=O) groups is 1. The van der Waals surface area contributed by atoms with Crippen molar-refractivity contribution in [3.8, 4) is 28.4 Å². The van der Waals surface area contributed by atoms with E-state index in [1.165, 1.54) is 7.11 Å². The van der Waals surface area contributed by atoms with Crippen LogP contribution in [0.15, 0.2) is 42.5 Å². The highest BCUT2D eigenvalue weighted by Crippen LogP contribution is 2.37. The van der Waals surface area contributed by atoms with E-state index in [0.717, 1.165) is 16.8 Å². The summed E-state index contributed by atoms with van der Waals surface area (Å²) in [5, 5.41) is 10.1. The van der Waals surface area contributed by atoms with Crippen LogP contribution < -0.4 is 19.5 Å². The quantitative estimate of drug-likeness (QED) is 0.589. The van der Waals surface area contributed by atoms with Crippen LogP contribution in [0, 0.1) is 6.92 Å². The number of hydrogen-bond acceptors (Lipinski definition) is 5. The summed E-state index contributed by atoms with van der Waals surface area (Å²) in [5.41, 5.74) is 2.91. The number of aromatic amines is 1. The predicted molar refractivity (Wildman–Crippen MR) is 112 cm³/mol. The Kier molecular flexibility index (Phi) is 6.39. The molecule has 0 aliphatic rings. The molecule has 0 aliphatic heterocycles. The average Bonchev–Trinajstić information content (AvgIpc) is 3.09. The number of methoxy groups -OCH3 is 1. The second-order valence-corrected chi connectivity index (χ2v) is 6.25. The molecule has 0 atom stereocenters. The van der Waals surface area contributed by atoms with Crippen LogP contribution in [0.2, 0.25) is 0 Å². The van der Waals surface area contributed by atoms with E-state index in [9.17, 15) is 4.79 Å².